The second-order valence-electron chi connectivity index (χ2n) is 6.89. The zero-order valence-electron chi connectivity index (χ0n) is 15.8. The van der Waals surface area contributed by atoms with Crippen LogP contribution in [-0.4, -0.2) is 30.2 Å². The zero-order valence-corrected chi connectivity index (χ0v) is 15.8. The lowest BCUT2D eigenvalue weighted by atomic mass is 9.99. The summed E-state index contributed by atoms with van der Waals surface area (Å²) in [7, 11) is 1.54. The first-order valence-corrected chi connectivity index (χ1v) is 8.87. The van der Waals surface area contributed by atoms with Gasteiger partial charge in [-0.05, 0) is 56.7 Å². The van der Waals surface area contributed by atoms with E-state index in [9.17, 15) is 9.90 Å². The van der Waals surface area contributed by atoms with Crippen LogP contribution < -0.4 is 9.47 Å². The molecule has 5 heteroatoms. The number of rotatable bonds is 6. The Morgan fingerprint density at radius 3 is 2.89 bits per heavy atom. The maximum atomic E-state index is 12.7. The standard InChI is InChI=1S/C22H24O5/c1-22(2)12-11-17-20(27-22)10-9-15(13-23)21(17)26-14-18(24)16-7-5-4-6-8-19(16)25-3/h4-5,7-12,23H,6,13-14H2,1-3H3. The number of aliphatic hydroxyl groups excluding tert-OH is 1. The van der Waals surface area contributed by atoms with E-state index in [4.69, 9.17) is 14.2 Å². The van der Waals surface area contributed by atoms with Gasteiger partial charge >= 0.3 is 0 Å². The van der Waals surface area contributed by atoms with Gasteiger partial charge in [-0.15, -0.1) is 0 Å². The molecule has 1 N–H and O–H groups in total. The molecular formula is C22H24O5. The van der Waals surface area contributed by atoms with E-state index in [2.05, 4.69) is 0 Å². The minimum absolute atomic E-state index is 0.166. The summed E-state index contributed by atoms with van der Waals surface area (Å²) in [5.41, 5.74) is 1.38. The molecule has 0 bridgehead atoms. The van der Waals surface area contributed by atoms with Crippen LogP contribution in [0.3, 0.4) is 0 Å². The fourth-order valence-corrected chi connectivity index (χ4v) is 3.02. The van der Waals surface area contributed by atoms with Crippen molar-refractivity contribution >= 4 is 11.9 Å². The van der Waals surface area contributed by atoms with E-state index >= 15 is 0 Å². The molecule has 5 nitrogen and oxygen atoms in total. The van der Waals surface area contributed by atoms with Crippen molar-refractivity contribution in [1.82, 2.24) is 0 Å². The smallest absolute Gasteiger partial charge is 0.203 e. The molecule has 0 atom stereocenters. The SMILES string of the molecule is COC1=CCC=CC=C1C(=O)COc1c(CO)ccc2c1C=CC(C)(C)O2. The molecule has 2 aliphatic rings. The summed E-state index contributed by atoms with van der Waals surface area (Å²) in [4.78, 5) is 12.7. The minimum Gasteiger partial charge on any atom is -0.496 e. The number of methoxy groups -OCH3 is 1. The van der Waals surface area contributed by atoms with Crippen LogP contribution in [0, 0.1) is 0 Å². The van der Waals surface area contributed by atoms with E-state index in [1.165, 1.54) is 0 Å². The van der Waals surface area contributed by atoms with Crippen LogP contribution in [0.5, 0.6) is 11.5 Å². The predicted molar refractivity (Wildman–Crippen MR) is 104 cm³/mol. The van der Waals surface area contributed by atoms with E-state index < -0.39 is 5.60 Å². The number of benzene rings is 1. The monoisotopic (exact) mass is 368 g/mol. The molecular weight excluding hydrogens is 344 g/mol. The van der Waals surface area contributed by atoms with Gasteiger partial charge in [0.05, 0.1) is 24.9 Å². The molecule has 1 heterocycles. The van der Waals surface area contributed by atoms with Gasteiger partial charge in [-0.25, -0.2) is 0 Å². The third kappa shape index (κ3) is 4.14. The summed E-state index contributed by atoms with van der Waals surface area (Å²) >= 11 is 0. The molecule has 0 unspecified atom stereocenters. The average Bonchev–Trinajstić information content (AvgIpc) is 2.90. The maximum Gasteiger partial charge on any atom is 0.203 e. The third-order valence-electron chi connectivity index (χ3n) is 4.40. The van der Waals surface area contributed by atoms with Gasteiger partial charge < -0.3 is 19.3 Å². The number of Topliss-reactive ketones (excluding diaryl/α,β-unsaturated/α-hetero) is 1. The van der Waals surface area contributed by atoms with Gasteiger partial charge in [0.1, 0.15) is 22.9 Å². The van der Waals surface area contributed by atoms with Crippen LogP contribution in [-0.2, 0) is 16.1 Å². The van der Waals surface area contributed by atoms with Crippen molar-refractivity contribution < 1.29 is 24.1 Å². The first kappa shape index (κ1) is 19.0. The summed E-state index contributed by atoms with van der Waals surface area (Å²) in [6.07, 6.45) is 11.9. The number of aliphatic hydroxyl groups is 1. The van der Waals surface area contributed by atoms with Crippen molar-refractivity contribution in [2.24, 2.45) is 0 Å². The fraction of sp³-hybridized carbons (Fsp3) is 0.318. The second kappa shape index (κ2) is 7.84. The third-order valence-corrected chi connectivity index (χ3v) is 4.40. The molecule has 0 amide bonds. The second-order valence-corrected chi connectivity index (χ2v) is 6.89. The van der Waals surface area contributed by atoms with Crippen molar-refractivity contribution in [3.05, 3.63) is 65.0 Å². The summed E-state index contributed by atoms with van der Waals surface area (Å²) in [6, 6.07) is 3.56. The first-order chi connectivity index (χ1) is 12.9. The van der Waals surface area contributed by atoms with Crippen molar-refractivity contribution in [2.45, 2.75) is 32.5 Å². The number of ether oxygens (including phenoxy) is 3. The Hall–Kier alpha value is -2.79. The largest absolute Gasteiger partial charge is 0.496 e. The highest BCUT2D eigenvalue weighted by molar-refractivity contribution is 6.00. The van der Waals surface area contributed by atoms with E-state index in [0.29, 0.717) is 34.8 Å². The van der Waals surface area contributed by atoms with Crippen LogP contribution in [0.15, 0.2) is 53.8 Å². The maximum absolute atomic E-state index is 12.7. The molecule has 0 radical (unpaired) electrons. The first-order valence-electron chi connectivity index (χ1n) is 8.87. The van der Waals surface area contributed by atoms with Crippen LogP contribution >= 0.6 is 0 Å². The fourth-order valence-electron chi connectivity index (χ4n) is 3.02. The highest BCUT2D eigenvalue weighted by atomic mass is 16.5. The van der Waals surface area contributed by atoms with Gasteiger partial charge in [-0.3, -0.25) is 4.79 Å². The highest BCUT2D eigenvalue weighted by Gasteiger charge is 2.26. The van der Waals surface area contributed by atoms with Crippen LogP contribution in [0.2, 0.25) is 0 Å². The summed E-state index contributed by atoms with van der Waals surface area (Å²) < 4.78 is 17.1. The molecule has 0 saturated carbocycles. The Bertz CT molecular complexity index is 856. The molecule has 0 aromatic heterocycles. The van der Waals surface area contributed by atoms with Gasteiger partial charge in [0.15, 0.2) is 6.61 Å². The molecule has 0 saturated heterocycles. The number of carbonyl (C=O) groups excluding carboxylic acids is 1. The molecule has 1 aromatic rings. The van der Waals surface area contributed by atoms with E-state index in [1.54, 1.807) is 19.3 Å². The van der Waals surface area contributed by atoms with Gasteiger partial charge in [-0.2, -0.15) is 0 Å². The molecule has 1 aliphatic carbocycles. The summed E-state index contributed by atoms with van der Waals surface area (Å²) in [5.74, 6) is 1.47. The Labute approximate surface area is 159 Å². The molecule has 142 valence electrons. The van der Waals surface area contributed by atoms with Crippen molar-refractivity contribution in [3.63, 3.8) is 0 Å². The Kier molecular flexibility index (Phi) is 5.51. The Morgan fingerprint density at radius 2 is 2.15 bits per heavy atom. The van der Waals surface area contributed by atoms with Crippen LogP contribution in [0.25, 0.3) is 6.08 Å². The number of allylic oxidation sites excluding steroid dienone is 5. The van der Waals surface area contributed by atoms with E-state index in [0.717, 1.165) is 5.56 Å². The highest BCUT2D eigenvalue weighted by Crippen LogP contribution is 2.39. The quantitative estimate of drug-likeness (QED) is 0.829. The van der Waals surface area contributed by atoms with Gasteiger partial charge in [0.2, 0.25) is 5.78 Å². The van der Waals surface area contributed by atoms with Gasteiger partial charge in [-0.1, -0.05) is 12.2 Å². The zero-order chi connectivity index (χ0) is 19.4. The molecule has 0 spiro atoms. The predicted octanol–water partition coefficient (Wildman–Crippen LogP) is 3.73. The number of hydrogen-bond acceptors (Lipinski definition) is 5. The van der Waals surface area contributed by atoms with Crippen molar-refractivity contribution in [1.29, 1.82) is 0 Å². The van der Waals surface area contributed by atoms with E-state index in [1.807, 2.05) is 50.3 Å². The molecule has 0 fully saturated rings. The van der Waals surface area contributed by atoms with Crippen molar-refractivity contribution in [2.75, 3.05) is 13.7 Å². The normalized spacial score (nSPS) is 17.2. The molecule has 3 rings (SSSR count). The molecule has 27 heavy (non-hydrogen) atoms. The Morgan fingerprint density at radius 1 is 1.33 bits per heavy atom. The lowest BCUT2D eigenvalue weighted by Gasteiger charge is -2.29. The van der Waals surface area contributed by atoms with Crippen LogP contribution in [0.4, 0.5) is 0 Å². The average molecular weight is 368 g/mol. The van der Waals surface area contributed by atoms with Gasteiger partial charge in [0.25, 0.3) is 0 Å². The summed E-state index contributed by atoms with van der Waals surface area (Å²) in [5, 5.41) is 9.67. The number of hydrogen-bond donors (Lipinski definition) is 1. The lowest BCUT2D eigenvalue weighted by Crippen LogP contribution is -2.28. The number of carbonyl (C=O) groups is 1. The van der Waals surface area contributed by atoms with Gasteiger partial charge in [0, 0.05) is 5.56 Å². The molecule has 1 aliphatic heterocycles. The van der Waals surface area contributed by atoms with E-state index in [-0.39, 0.29) is 19.0 Å². The number of fused-ring (bicyclic) bond motifs is 1. The summed E-state index contributed by atoms with van der Waals surface area (Å²) in [6.45, 7) is 3.56. The minimum atomic E-state index is -0.420. The molecule has 1 aromatic carbocycles. The topological polar surface area (TPSA) is 65.0 Å². The number of ketones is 1. The van der Waals surface area contributed by atoms with Crippen LogP contribution in [0.1, 0.15) is 31.4 Å². The van der Waals surface area contributed by atoms with Crippen molar-refractivity contribution in [3.8, 4) is 11.5 Å². The lowest BCUT2D eigenvalue weighted by molar-refractivity contribution is -0.117. The Balaban J connectivity index is 1.85.